The van der Waals surface area contributed by atoms with Gasteiger partial charge in [-0.15, -0.1) is 0 Å². The van der Waals surface area contributed by atoms with Crippen molar-refractivity contribution < 1.29 is 22.7 Å². The predicted molar refractivity (Wildman–Crippen MR) is 73.5 cm³/mol. The molecule has 1 heterocycles. The van der Waals surface area contributed by atoms with E-state index in [1.165, 1.54) is 25.4 Å². The maximum absolute atomic E-state index is 12.6. The van der Waals surface area contributed by atoms with E-state index in [1.54, 1.807) is 4.57 Å². The molecular weight excluding hydrogens is 297 g/mol. The van der Waals surface area contributed by atoms with Crippen molar-refractivity contribution in [3.05, 3.63) is 53.1 Å². The average Bonchev–Trinajstić information content (AvgIpc) is 2.89. The van der Waals surface area contributed by atoms with E-state index >= 15 is 0 Å². The van der Waals surface area contributed by atoms with Gasteiger partial charge < -0.3 is 9.30 Å². The highest BCUT2D eigenvalue weighted by molar-refractivity contribution is 5.87. The number of ether oxygens (including phenoxy) is 1. The Hall–Kier alpha value is -2.31. The molecule has 1 aromatic carbocycles. The van der Waals surface area contributed by atoms with E-state index in [0.717, 1.165) is 12.1 Å². The zero-order valence-electron chi connectivity index (χ0n) is 12.1. The van der Waals surface area contributed by atoms with Crippen molar-refractivity contribution in [1.82, 2.24) is 9.55 Å². The molecule has 0 bridgehead atoms. The smallest absolute Gasteiger partial charge is 0.416 e. The molecule has 0 spiro atoms. The van der Waals surface area contributed by atoms with Gasteiger partial charge in [-0.1, -0.05) is 19.1 Å². The topological polar surface area (TPSA) is 44.1 Å². The lowest BCUT2D eigenvalue weighted by Crippen LogP contribution is -2.14. The van der Waals surface area contributed by atoms with Gasteiger partial charge in [-0.2, -0.15) is 13.2 Å². The Balaban J connectivity index is 2.30. The van der Waals surface area contributed by atoms with Gasteiger partial charge in [0.05, 0.1) is 18.9 Å². The molecule has 0 aliphatic heterocycles. The van der Waals surface area contributed by atoms with Crippen molar-refractivity contribution in [2.45, 2.75) is 26.1 Å². The fraction of sp³-hybridized carbons (Fsp3) is 0.333. The number of benzene rings is 1. The molecule has 0 radical (unpaired) electrons. The lowest BCUT2D eigenvalue weighted by Gasteiger charge is -2.11. The summed E-state index contributed by atoms with van der Waals surface area (Å²) < 4.78 is 44.0. The molecule has 0 N–H and O–H groups in total. The number of rotatable bonds is 4. The summed E-state index contributed by atoms with van der Waals surface area (Å²) in [7, 11) is 1.27. The van der Waals surface area contributed by atoms with Crippen LogP contribution in [0.1, 0.15) is 34.4 Å². The second-order valence-electron chi connectivity index (χ2n) is 4.69. The quantitative estimate of drug-likeness (QED) is 0.814. The Kier molecular flexibility index (Phi) is 4.54. The third-order valence-electron chi connectivity index (χ3n) is 3.27. The summed E-state index contributed by atoms with van der Waals surface area (Å²) in [5, 5.41) is 0. The molecule has 118 valence electrons. The molecule has 0 aliphatic rings. The highest BCUT2D eigenvalue weighted by atomic mass is 19.4. The van der Waals surface area contributed by atoms with Crippen molar-refractivity contribution in [3.63, 3.8) is 0 Å². The molecule has 0 atom stereocenters. The highest BCUT2D eigenvalue weighted by Crippen LogP contribution is 2.29. The molecule has 0 amide bonds. The van der Waals surface area contributed by atoms with Gasteiger partial charge >= 0.3 is 12.1 Å². The highest BCUT2D eigenvalue weighted by Gasteiger charge is 2.30. The van der Waals surface area contributed by atoms with Crippen LogP contribution >= 0.6 is 0 Å². The summed E-state index contributed by atoms with van der Waals surface area (Å²) in [5.74, 6) is 0.138. The zero-order chi connectivity index (χ0) is 16.3. The van der Waals surface area contributed by atoms with E-state index in [2.05, 4.69) is 9.72 Å². The summed E-state index contributed by atoms with van der Waals surface area (Å²) in [4.78, 5) is 15.8. The number of alkyl halides is 3. The van der Waals surface area contributed by atoms with Crippen LogP contribution in [0.5, 0.6) is 0 Å². The van der Waals surface area contributed by atoms with Crippen LogP contribution in [0.4, 0.5) is 13.2 Å². The Morgan fingerprint density at radius 3 is 2.41 bits per heavy atom. The number of imidazole rings is 1. The lowest BCUT2D eigenvalue weighted by atomic mass is 10.1. The van der Waals surface area contributed by atoms with E-state index in [1.807, 2.05) is 6.92 Å². The minimum absolute atomic E-state index is 0.256. The number of nitrogens with zero attached hydrogens (tertiary/aromatic N) is 2. The van der Waals surface area contributed by atoms with Gasteiger partial charge in [0, 0.05) is 13.0 Å². The number of esters is 1. The van der Waals surface area contributed by atoms with Crippen LogP contribution in [0.25, 0.3) is 0 Å². The molecule has 0 saturated carbocycles. The van der Waals surface area contributed by atoms with Crippen LogP contribution in [-0.2, 0) is 23.9 Å². The monoisotopic (exact) mass is 312 g/mol. The van der Waals surface area contributed by atoms with Gasteiger partial charge in [-0.25, -0.2) is 9.78 Å². The maximum Gasteiger partial charge on any atom is 0.416 e. The van der Waals surface area contributed by atoms with E-state index in [4.69, 9.17) is 0 Å². The Bertz CT molecular complexity index is 660. The summed E-state index contributed by atoms with van der Waals surface area (Å²) in [6.45, 7) is 2.14. The third kappa shape index (κ3) is 3.29. The fourth-order valence-electron chi connectivity index (χ4n) is 2.12. The van der Waals surface area contributed by atoms with Gasteiger partial charge in [0.25, 0.3) is 0 Å². The van der Waals surface area contributed by atoms with Gasteiger partial charge in [0.1, 0.15) is 11.5 Å². The molecule has 4 nitrogen and oxygen atoms in total. The first kappa shape index (κ1) is 16.1. The molecular formula is C15H15F3N2O2. The Morgan fingerprint density at radius 2 is 1.91 bits per heavy atom. The minimum atomic E-state index is -4.36. The molecule has 1 aromatic heterocycles. The second kappa shape index (κ2) is 6.21. The number of hydrogen-bond acceptors (Lipinski definition) is 3. The molecule has 0 saturated heterocycles. The number of hydrogen-bond donors (Lipinski definition) is 0. The van der Waals surface area contributed by atoms with Crippen LogP contribution in [0, 0.1) is 0 Å². The summed E-state index contributed by atoms with van der Waals surface area (Å²) in [6, 6.07) is 4.83. The van der Waals surface area contributed by atoms with Crippen molar-refractivity contribution in [3.8, 4) is 0 Å². The van der Waals surface area contributed by atoms with Crippen molar-refractivity contribution >= 4 is 5.97 Å². The second-order valence-corrected chi connectivity index (χ2v) is 4.69. The van der Waals surface area contributed by atoms with Crippen LogP contribution in [0.3, 0.4) is 0 Å². The Labute approximate surface area is 125 Å². The molecule has 0 aliphatic carbocycles. The van der Waals surface area contributed by atoms with Crippen LogP contribution in [0.15, 0.2) is 30.5 Å². The number of carbonyl (C=O) groups is 1. The maximum atomic E-state index is 12.6. The van der Waals surface area contributed by atoms with Crippen molar-refractivity contribution in [2.75, 3.05) is 7.11 Å². The van der Waals surface area contributed by atoms with E-state index in [-0.39, 0.29) is 12.2 Å². The number of carbonyl (C=O) groups excluding carboxylic acids is 1. The van der Waals surface area contributed by atoms with E-state index in [0.29, 0.717) is 17.8 Å². The van der Waals surface area contributed by atoms with Crippen LogP contribution in [-0.4, -0.2) is 22.6 Å². The number of aromatic nitrogens is 2. The van der Waals surface area contributed by atoms with Crippen LogP contribution in [0.2, 0.25) is 0 Å². The zero-order valence-corrected chi connectivity index (χ0v) is 12.1. The first-order valence-electron chi connectivity index (χ1n) is 6.65. The average molecular weight is 312 g/mol. The molecule has 7 heteroatoms. The molecule has 2 aromatic rings. The molecule has 2 rings (SSSR count). The number of halogens is 3. The first-order chi connectivity index (χ1) is 10.4. The van der Waals surface area contributed by atoms with Gasteiger partial charge in [0.15, 0.2) is 0 Å². The SMILES string of the molecule is CCc1ncc(C(=O)OC)n1Cc1ccc(C(F)(F)F)cc1. The minimum Gasteiger partial charge on any atom is -0.464 e. The van der Waals surface area contributed by atoms with E-state index < -0.39 is 17.7 Å². The molecule has 22 heavy (non-hydrogen) atoms. The lowest BCUT2D eigenvalue weighted by molar-refractivity contribution is -0.137. The summed E-state index contributed by atoms with van der Waals surface area (Å²) >= 11 is 0. The summed E-state index contributed by atoms with van der Waals surface area (Å²) in [5.41, 5.74) is 0.218. The first-order valence-corrected chi connectivity index (χ1v) is 6.65. The van der Waals surface area contributed by atoms with Crippen molar-refractivity contribution in [1.29, 1.82) is 0 Å². The standard InChI is InChI=1S/C15H15F3N2O2/c1-3-13-19-8-12(14(21)22-2)20(13)9-10-4-6-11(7-5-10)15(16,17)18/h4-8H,3,9H2,1-2H3. The Morgan fingerprint density at radius 1 is 1.27 bits per heavy atom. The fourth-order valence-corrected chi connectivity index (χ4v) is 2.12. The molecule has 0 fully saturated rings. The number of methoxy groups -OCH3 is 1. The van der Waals surface area contributed by atoms with Crippen molar-refractivity contribution in [2.24, 2.45) is 0 Å². The van der Waals surface area contributed by atoms with Gasteiger partial charge in [-0.05, 0) is 17.7 Å². The predicted octanol–water partition coefficient (Wildman–Crippen LogP) is 3.30. The largest absolute Gasteiger partial charge is 0.464 e. The number of aryl methyl sites for hydroxylation is 1. The van der Waals surface area contributed by atoms with Gasteiger partial charge in [0.2, 0.25) is 0 Å². The summed E-state index contributed by atoms with van der Waals surface area (Å²) in [6.07, 6.45) is -2.36. The van der Waals surface area contributed by atoms with E-state index in [9.17, 15) is 18.0 Å². The van der Waals surface area contributed by atoms with Crippen LogP contribution < -0.4 is 0 Å². The molecule has 0 unspecified atom stereocenters. The normalized spacial score (nSPS) is 11.5. The third-order valence-corrected chi connectivity index (χ3v) is 3.27. The van der Waals surface area contributed by atoms with Gasteiger partial charge in [-0.3, -0.25) is 0 Å².